The van der Waals surface area contributed by atoms with Crippen LogP contribution in [0, 0.1) is 0 Å². The van der Waals surface area contributed by atoms with Gasteiger partial charge in [0.2, 0.25) is 15.9 Å². The highest BCUT2D eigenvalue weighted by Gasteiger charge is 2.33. The lowest BCUT2D eigenvalue weighted by Crippen LogP contribution is -2.52. The second-order valence-electron chi connectivity index (χ2n) is 7.05. The minimum atomic E-state index is -3.74. The van der Waals surface area contributed by atoms with Crippen LogP contribution in [0.3, 0.4) is 0 Å². The van der Waals surface area contributed by atoms with E-state index in [-0.39, 0.29) is 29.3 Å². The number of ether oxygens (including phenoxy) is 2. The molecule has 0 saturated heterocycles. The highest BCUT2D eigenvalue weighted by atomic mass is 32.2. The molecular formula is C18H27N3O5S. The van der Waals surface area contributed by atoms with Gasteiger partial charge in [0.1, 0.15) is 0 Å². The zero-order valence-electron chi connectivity index (χ0n) is 15.3. The number of fused-ring (bicyclic) bond motifs is 1. The third-order valence-corrected chi connectivity index (χ3v) is 6.49. The lowest BCUT2D eigenvalue weighted by Gasteiger charge is -2.28. The molecule has 27 heavy (non-hydrogen) atoms. The Morgan fingerprint density at radius 3 is 2.52 bits per heavy atom. The highest BCUT2D eigenvalue weighted by molar-refractivity contribution is 7.89. The number of rotatable bonds is 7. The van der Waals surface area contributed by atoms with Crippen molar-refractivity contribution in [3.8, 4) is 11.5 Å². The van der Waals surface area contributed by atoms with Crippen molar-refractivity contribution in [2.24, 2.45) is 5.73 Å². The minimum Gasteiger partial charge on any atom is -0.490 e. The van der Waals surface area contributed by atoms with Crippen molar-refractivity contribution in [2.75, 3.05) is 26.3 Å². The first-order valence-electron chi connectivity index (χ1n) is 9.35. The van der Waals surface area contributed by atoms with Gasteiger partial charge in [0.25, 0.3) is 0 Å². The van der Waals surface area contributed by atoms with Crippen LogP contribution in [0.25, 0.3) is 0 Å². The molecule has 1 aliphatic carbocycles. The first kappa shape index (κ1) is 19.9. The van der Waals surface area contributed by atoms with Gasteiger partial charge in [0.15, 0.2) is 11.5 Å². The van der Waals surface area contributed by atoms with Crippen LogP contribution in [-0.2, 0) is 14.8 Å². The quantitative estimate of drug-likeness (QED) is 0.629. The molecule has 1 amide bonds. The van der Waals surface area contributed by atoms with Crippen molar-refractivity contribution < 1.29 is 22.7 Å². The molecule has 150 valence electrons. The minimum absolute atomic E-state index is 0.0171. The van der Waals surface area contributed by atoms with E-state index >= 15 is 0 Å². The van der Waals surface area contributed by atoms with Gasteiger partial charge in [-0.25, -0.2) is 13.1 Å². The summed E-state index contributed by atoms with van der Waals surface area (Å²) < 4.78 is 38.5. The molecule has 4 N–H and O–H groups in total. The standard InChI is InChI=1S/C18H27N3O5S/c19-13-18(7-1-2-8-18)21-17(22)6-9-20-27(23,24)14-4-5-15-16(12-14)26-11-3-10-25-15/h4-5,12,20H,1-3,6-11,13,19H2,(H,21,22). The van der Waals surface area contributed by atoms with E-state index in [9.17, 15) is 13.2 Å². The Kier molecular flexibility index (Phi) is 6.23. The summed E-state index contributed by atoms with van der Waals surface area (Å²) in [6.07, 6.45) is 4.65. The zero-order valence-corrected chi connectivity index (χ0v) is 16.1. The van der Waals surface area contributed by atoms with Crippen LogP contribution in [-0.4, -0.2) is 46.2 Å². The normalized spacial score (nSPS) is 18.7. The summed E-state index contributed by atoms with van der Waals surface area (Å²) in [4.78, 5) is 12.3. The Morgan fingerprint density at radius 2 is 1.81 bits per heavy atom. The number of amides is 1. The van der Waals surface area contributed by atoms with E-state index in [0.29, 0.717) is 31.3 Å². The van der Waals surface area contributed by atoms with Gasteiger partial charge in [-0.2, -0.15) is 0 Å². The Bertz CT molecular complexity index is 775. The monoisotopic (exact) mass is 397 g/mol. The summed E-state index contributed by atoms with van der Waals surface area (Å²) >= 11 is 0. The number of carbonyl (C=O) groups is 1. The van der Waals surface area contributed by atoms with Gasteiger partial charge in [0.05, 0.1) is 23.6 Å². The molecule has 2 aliphatic rings. The fourth-order valence-corrected chi connectivity index (χ4v) is 4.53. The van der Waals surface area contributed by atoms with E-state index < -0.39 is 10.0 Å². The van der Waals surface area contributed by atoms with Gasteiger partial charge >= 0.3 is 0 Å². The van der Waals surface area contributed by atoms with Crippen LogP contribution < -0.4 is 25.2 Å². The second kappa shape index (κ2) is 8.45. The van der Waals surface area contributed by atoms with Crippen LogP contribution in [0.15, 0.2) is 23.1 Å². The molecule has 1 heterocycles. The number of carbonyl (C=O) groups excluding carboxylic acids is 1. The third kappa shape index (κ3) is 4.91. The first-order chi connectivity index (χ1) is 12.9. The van der Waals surface area contributed by atoms with Gasteiger partial charge in [-0.15, -0.1) is 0 Å². The average molecular weight is 397 g/mol. The fraction of sp³-hybridized carbons (Fsp3) is 0.611. The molecular weight excluding hydrogens is 370 g/mol. The Morgan fingerprint density at radius 1 is 1.11 bits per heavy atom. The van der Waals surface area contributed by atoms with Gasteiger partial charge in [0, 0.05) is 32.0 Å². The molecule has 9 heteroatoms. The summed E-state index contributed by atoms with van der Waals surface area (Å²) in [5.41, 5.74) is 5.48. The Labute approximate surface area is 159 Å². The van der Waals surface area contributed by atoms with Crippen molar-refractivity contribution in [3.05, 3.63) is 18.2 Å². The summed E-state index contributed by atoms with van der Waals surface area (Å²) in [6, 6.07) is 4.51. The molecule has 3 rings (SSSR count). The molecule has 0 radical (unpaired) electrons. The van der Waals surface area contributed by atoms with Crippen molar-refractivity contribution in [2.45, 2.75) is 49.0 Å². The second-order valence-corrected chi connectivity index (χ2v) is 8.81. The Hall–Kier alpha value is -1.84. The SMILES string of the molecule is NCC1(NC(=O)CCNS(=O)(=O)c2ccc3c(c2)OCCCO3)CCCC1. The smallest absolute Gasteiger partial charge is 0.240 e. The number of hydrogen-bond donors (Lipinski definition) is 3. The highest BCUT2D eigenvalue weighted by Crippen LogP contribution is 2.32. The largest absolute Gasteiger partial charge is 0.490 e. The predicted molar refractivity (Wildman–Crippen MR) is 100 cm³/mol. The van der Waals surface area contributed by atoms with Gasteiger partial charge < -0.3 is 20.5 Å². The molecule has 1 fully saturated rings. The van der Waals surface area contributed by atoms with Crippen LogP contribution in [0.4, 0.5) is 0 Å². The number of nitrogens with two attached hydrogens (primary N) is 1. The molecule has 0 spiro atoms. The van der Waals surface area contributed by atoms with E-state index in [0.717, 1.165) is 32.1 Å². The number of hydrogen-bond acceptors (Lipinski definition) is 6. The van der Waals surface area contributed by atoms with E-state index in [2.05, 4.69) is 10.0 Å². The van der Waals surface area contributed by atoms with E-state index in [1.807, 2.05) is 0 Å². The maximum Gasteiger partial charge on any atom is 0.240 e. The van der Waals surface area contributed by atoms with E-state index in [1.165, 1.54) is 12.1 Å². The lowest BCUT2D eigenvalue weighted by molar-refractivity contribution is -0.122. The molecule has 0 unspecified atom stereocenters. The van der Waals surface area contributed by atoms with Gasteiger partial charge in [-0.1, -0.05) is 12.8 Å². The first-order valence-corrected chi connectivity index (χ1v) is 10.8. The molecule has 1 aromatic carbocycles. The molecule has 1 aliphatic heterocycles. The molecule has 0 bridgehead atoms. The van der Waals surface area contributed by atoms with Gasteiger partial charge in [-0.3, -0.25) is 4.79 Å². The van der Waals surface area contributed by atoms with Crippen LogP contribution >= 0.6 is 0 Å². The molecule has 8 nitrogen and oxygen atoms in total. The lowest BCUT2D eigenvalue weighted by atomic mass is 9.97. The number of benzene rings is 1. The van der Waals surface area contributed by atoms with Crippen molar-refractivity contribution in [1.82, 2.24) is 10.0 Å². The average Bonchev–Trinajstić information content (AvgIpc) is 2.97. The zero-order chi connectivity index (χ0) is 19.3. The number of sulfonamides is 1. The van der Waals surface area contributed by atoms with Crippen molar-refractivity contribution in [3.63, 3.8) is 0 Å². The summed E-state index contributed by atoms with van der Waals surface area (Å²) in [5, 5.41) is 2.98. The fourth-order valence-electron chi connectivity index (χ4n) is 3.48. The van der Waals surface area contributed by atoms with Crippen LogP contribution in [0.5, 0.6) is 11.5 Å². The summed E-state index contributed by atoms with van der Waals surface area (Å²) in [6.45, 7) is 1.44. The maximum absolute atomic E-state index is 12.5. The number of nitrogens with one attached hydrogen (secondary N) is 2. The van der Waals surface area contributed by atoms with Crippen molar-refractivity contribution >= 4 is 15.9 Å². The molecule has 1 aromatic rings. The van der Waals surface area contributed by atoms with E-state index in [1.54, 1.807) is 6.07 Å². The van der Waals surface area contributed by atoms with E-state index in [4.69, 9.17) is 15.2 Å². The topological polar surface area (TPSA) is 120 Å². The van der Waals surface area contributed by atoms with Crippen molar-refractivity contribution in [1.29, 1.82) is 0 Å². The predicted octanol–water partition coefficient (Wildman–Crippen LogP) is 0.904. The summed E-state index contributed by atoms with van der Waals surface area (Å²) in [5.74, 6) is 0.762. The molecule has 1 saturated carbocycles. The van der Waals surface area contributed by atoms with Gasteiger partial charge in [-0.05, 0) is 25.0 Å². The Balaban J connectivity index is 1.55. The molecule has 0 aromatic heterocycles. The maximum atomic E-state index is 12.5. The van der Waals surface area contributed by atoms with Crippen LogP contribution in [0.2, 0.25) is 0 Å². The third-order valence-electron chi connectivity index (χ3n) is 5.03. The molecule has 0 atom stereocenters. The summed E-state index contributed by atoms with van der Waals surface area (Å²) in [7, 11) is -3.74. The van der Waals surface area contributed by atoms with Crippen LogP contribution in [0.1, 0.15) is 38.5 Å².